The highest BCUT2D eigenvalue weighted by Crippen LogP contribution is 2.14. The molecule has 1 N–H and O–H groups in total. The summed E-state index contributed by atoms with van der Waals surface area (Å²) in [7, 11) is 0. The van der Waals surface area contributed by atoms with Crippen molar-refractivity contribution in [3.8, 4) is 5.75 Å². The molecule has 2 rings (SSSR count). The minimum absolute atomic E-state index is 0.197. The van der Waals surface area contributed by atoms with E-state index >= 15 is 0 Å². The van der Waals surface area contributed by atoms with Crippen LogP contribution >= 0.6 is 0 Å². The van der Waals surface area contributed by atoms with E-state index in [1.54, 1.807) is 6.20 Å². The lowest BCUT2D eigenvalue weighted by Crippen LogP contribution is -2.12. The highest BCUT2D eigenvalue weighted by Gasteiger charge is 2.00. The Morgan fingerprint density at radius 1 is 1.28 bits per heavy atom. The third kappa shape index (κ3) is 3.89. The Morgan fingerprint density at radius 2 is 2.17 bits per heavy atom. The van der Waals surface area contributed by atoms with Gasteiger partial charge in [-0.1, -0.05) is 17.3 Å². The lowest BCUT2D eigenvalue weighted by molar-refractivity contribution is 0.242. The van der Waals surface area contributed by atoms with Crippen LogP contribution in [0.15, 0.2) is 41.1 Å². The van der Waals surface area contributed by atoms with Crippen LogP contribution in [-0.2, 0) is 13.1 Å². The molecule has 0 unspecified atom stereocenters. The SMILES string of the molecule is CC(C)Oc1cccc(CNCc2ccno2)c1. The number of nitrogens with one attached hydrogen (secondary N) is 1. The molecule has 0 atom stereocenters. The maximum absolute atomic E-state index is 5.65. The van der Waals surface area contributed by atoms with Gasteiger partial charge >= 0.3 is 0 Å². The van der Waals surface area contributed by atoms with E-state index in [0.717, 1.165) is 18.1 Å². The summed E-state index contributed by atoms with van der Waals surface area (Å²) < 4.78 is 10.7. The van der Waals surface area contributed by atoms with Gasteiger partial charge in [0, 0.05) is 12.6 Å². The lowest BCUT2D eigenvalue weighted by atomic mass is 10.2. The molecule has 0 aliphatic rings. The topological polar surface area (TPSA) is 47.3 Å². The molecule has 0 aliphatic carbocycles. The molecule has 96 valence electrons. The summed E-state index contributed by atoms with van der Waals surface area (Å²) in [6.45, 7) is 5.49. The molecular formula is C14H18N2O2. The van der Waals surface area contributed by atoms with Gasteiger partial charge in [-0.15, -0.1) is 0 Å². The van der Waals surface area contributed by atoms with Crippen molar-refractivity contribution in [2.24, 2.45) is 0 Å². The zero-order chi connectivity index (χ0) is 12.8. The second-order valence-electron chi connectivity index (χ2n) is 4.40. The first-order chi connectivity index (χ1) is 8.74. The molecule has 0 spiro atoms. The third-order valence-corrected chi connectivity index (χ3v) is 2.39. The van der Waals surface area contributed by atoms with E-state index in [4.69, 9.17) is 9.26 Å². The molecule has 0 saturated carbocycles. The molecule has 4 nitrogen and oxygen atoms in total. The maximum atomic E-state index is 5.65. The Bertz CT molecular complexity index is 466. The van der Waals surface area contributed by atoms with Gasteiger partial charge in [0.05, 0.1) is 18.8 Å². The van der Waals surface area contributed by atoms with Crippen molar-refractivity contribution >= 4 is 0 Å². The van der Waals surface area contributed by atoms with Crippen LogP contribution in [0.3, 0.4) is 0 Å². The highest BCUT2D eigenvalue weighted by atomic mass is 16.5. The van der Waals surface area contributed by atoms with Gasteiger partial charge in [-0.2, -0.15) is 0 Å². The quantitative estimate of drug-likeness (QED) is 0.851. The molecule has 0 fully saturated rings. The predicted molar refractivity (Wildman–Crippen MR) is 69.3 cm³/mol. The summed E-state index contributed by atoms with van der Waals surface area (Å²) in [6, 6.07) is 9.95. The van der Waals surface area contributed by atoms with Crippen LogP contribution in [0.4, 0.5) is 0 Å². The van der Waals surface area contributed by atoms with Crippen LogP contribution in [0.2, 0.25) is 0 Å². The average Bonchev–Trinajstić information content (AvgIpc) is 2.82. The lowest BCUT2D eigenvalue weighted by Gasteiger charge is -2.11. The summed E-state index contributed by atoms with van der Waals surface area (Å²) in [5.41, 5.74) is 1.19. The van der Waals surface area contributed by atoms with Gasteiger partial charge in [-0.3, -0.25) is 0 Å². The van der Waals surface area contributed by atoms with E-state index in [9.17, 15) is 0 Å². The fourth-order valence-corrected chi connectivity index (χ4v) is 1.66. The minimum atomic E-state index is 0.197. The Morgan fingerprint density at radius 3 is 2.89 bits per heavy atom. The van der Waals surface area contributed by atoms with E-state index in [1.165, 1.54) is 5.56 Å². The summed E-state index contributed by atoms with van der Waals surface area (Å²) in [5.74, 6) is 1.74. The largest absolute Gasteiger partial charge is 0.491 e. The Kier molecular flexibility index (Phi) is 4.36. The van der Waals surface area contributed by atoms with Crippen molar-refractivity contribution < 1.29 is 9.26 Å². The van der Waals surface area contributed by atoms with Gasteiger partial charge in [0.25, 0.3) is 0 Å². The number of nitrogens with zero attached hydrogens (tertiary/aromatic N) is 1. The van der Waals surface area contributed by atoms with E-state index in [1.807, 2.05) is 38.1 Å². The van der Waals surface area contributed by atoms with E-state index in [0.29, 0.717) is 6.54 Å². The summed E-state index contributed by atoms with van der Waals surface area (Å²) >= 11 is 0. The predicted octanol–water partition coefficient (Wildman–Crippen LogP) is 2.75. The number of hydrogen-bond donors (Lipinski definition) is 1. The van der Waals surface area contributed by atoms with Crippen molar-refractivity contribution in [3.63, 3.8) is 0 Å². The zero-order valence-electron chi connectivity index (χ0n) is 10.7. The van der Waals surface area contributed by atoms with Crippen LogP contribution in [0.5, 0.6) is 5.75 Å². The Hall–Kier alpha value is -1.81. The molecule has 0 saturated heterocycles. The molecule has 2 aromatic rings. The van der Waals surface area contributed by atoms with Gasteiger partial charge < -0.3 is 14.6 Å². The van der Waals surface area contributed by atoms with Gasteiger partial charge in [0.2, 0.25) is 0 Å². The summed E-state index contributed by atoms with van der Waals surface area (Å²) in [5, 5.41) is 6.95. The van der Waals surface area contributed by atoms with Crippen LogP contribution in [0.25, 0.3) is 0 Å². The first-order valence-corrected chi connectivity index (χ1v) is 6.10. The second-order valence-corrected chi connectivity index (χ2v) is 4.40. The van der Waals surface area contributed by atoms with Crippen LogP contribution < -0.4 is 10.1 Å². The minimum Gasteiger partial charge on any atom is -0.491 e. The van der Waals surface area contributed by atoms with Crippen molar-refractivity contribution in [2.75, 3.05) is 0 Å². The van der Waals surface area contributed by atoms with Crippen molar-refractivity contribution in [1.29, 1.82) is 0 Å². The number of aromatic nitrogens is 1. The van der Waals surface area contributed by atoms with Crippen molar-refractivity contribution in [3.05, 3.63) is 47.9 Å². The third-order valence-electron chi connectivity index (χ3n) is 2.39. The number of ether oxygens (including phenoxy) is 1. The standard InChI is InChI=1S/C14H18N2O2/c1-11(2)17-13-5-3-4-12(8-13)9-15-10-14-6-7-16-18-14/h3-8,11,15H,9-10H2,1-2H3. The normalized spacial score (nSPS) is 10.8. The van der Waals surface area contributed by atoms with E-state index < -0.39 is 0 Å². The second kappa shape index (κ2) is 6.21. The molecule has 0 amide bonds. The van der Waals surface area contributed by atoms with Crippen LogP contribution in [-0.4, -0.2) is 11.3 Å². The Balaban J connectivity index is 1.85. The zero-order valence-corrected chi connectivity index (χ0v) is 10.7. The smallest absolute Gasteiger partial charge is 0.150 e. The first kappa shape index (κ1) is 12.6. The molecule has 18 heavy (non-hydrogen) atoms. The maximum Gasteiger partial charge on any atom is 0.150 e. The fraction of sp³-hybridized carbons (Fsp3) is 0.357. The Labute approximate surface area is 107 Å². The number of hydrogen-bond acceptors (Lipinski definition) is 4. The molecule has 1 aromatic heterocycles. The van der Waals surface area contributed by atoms with Gasteiger partial charge in [0.15, 0.2) is 0 Å². The van der Waals surface area contributed by atoms with Gasteiger partial charge in [-0.25, -0.2) is 0 Å². The van der Waals surface area contributed by atoms with Crippen LogP contribution in [0.1, 0.15) is 25.2 Å². The van der Waals surface area contributed by atoms with Gasteiger partial charge in [-0.05, 0) is 31.5 Å². The summed E-state index contributed by atoms with van der Waals surface area (Å²) in [4.78, 5) is 0. The van der Waals surface area contributed by atoms with Crippen molar-refractivity contribution in [2.45, 2.75) is 33.0 Å². The first-order valence-electron chi connectivity index (χ1n) is 6.10. The van der Waals surface area contributed by atoms with Crippen molar-refractivity contribution in [1.82, 2.24) is 10.5 Å². The monoisotopic (exact) mass is 246 g/mol. The number of rotatable bonds is 6. The van der Waals surface area contributed by atoms with Crippen LogP contribution in [0, 0.1) is 0 Å². The van der Waals surface area contributed by atoms with E-state index in [-0.39, 0.29) is 6.10 Å². The highest BCUT2D eigenvalue weighted by molar-refractivity contribution is 5.28. The molecule has 0 aliphatic heterocycles. The molecule has 1 heterocycles. The van der Waals surface area contributed by atoms with E-state index in [2.05, 4.69) is 16.5 Å². The fourth-order valence-electron chi connectivity index (χ4n) is 1.66. The number of benzene rings is 1. The molecule has 0 radical (unpaired) electrons. The van der Waals surface area contributed by atoms with Gasteiger partial charge in [0.1, 0.15) is 11.5 Å². The summed E-state index contributed by atoms with van der Waals surface area (Å²) in [6.07, 6.45) is 1.84. The molecule has 4 heteroatoms. The molecular weight excluding hydrogens is 228 g/mol. The molecule has 1 aromatic carbocycles. The average molecular weight is 246 g/mol. The molecule has 0 bridgehead atoms.